The van der Waals surface area contributed by atoms with Crippen LogP contribution < -0.4 is 15.8 Å². The first-order valence-corrected chi connectivity index (χ1v) is 15.0. The number of aromatic nitrogens is 8. The van der Waals surface area contributed by atoms with Crippen molar-refractivity contribution in [3.63, 3.8) is 0 Å². The molecule has 3 N–H and O–H groups in total. The quantitative estimate of drug-likeness (QED) is 0.229. The predicted molar refractivity (Wildman–Crippen MR) is 173 cm³/mol. The van der Waals surface area contributed by atoms with E-state index in [1.165, 1.54) is 5.56 Å². The number of alkyl halides is 1. The van der Waals surface area contributed by atoms with Crippen LogP contribution in [-0.4, -0.2) is 70.3 Å². The number of nitrogen functional groups attached to an aromatic ring is 1. The van der Waals surface area contributed by atoms with Gasteiger partial charge in [0.2, 0.25) is 18.6 Å². The highest BCUT2D eigenvalue weighted by molar-refractivity contribution is 5.83. The fourth-order valence-corrected chi connectivity index (χ4v) is 5.66. The molecule has 1 aliphatic rings. The van der Waals surface area contributed by atoms with Crippen LogP contribution in [0.1, 0.15) is 24.2 Å². The fourth-order valence-electron chi connectivity index (χ4n) is 5.66. The molecule has 0 amide bonds. The van der Waals surface area contributed by atoms with Crippen LogP contribution in [0.25, 0.3) is 39.6 Å². The lowest BCUT2D eigenvalue weighted by atomic mass is 10.0. The zero-order valence-electron chi connectivity index (χ0n) is 25.2. The minimum absolute atomic E-state index is 0.164. The highest BCUT2D eigenvalue weighted by atomic mass is 19.1. The van der Waals surface area contributed by atoms with Gasteiger partial charge in [0.05, 0.1) is 5.69 Å². The van der Waals surface area contributed by atoms with Gasteiger partial charge in [-0.1, -0.05) is 12.1 Å². The zero-order valence-corrected chi connectivity index (χ0v) is 25.2. The summed E-state index contributed by atoms with van der Waals surface area (Å²) < 4.78 is 19.4. The van der Waals surface area contributed by atoms with Crippen molar-refractivity contribution in [2.24, 2.45) is 0 Å². The highest BCUT2D eigenvalue weighted by Gasteiger charge is 2.22. The molecule has 0 spiro atoms. The Morgan fingerprint density at radius 1 is 0.915 bits per heavy atom. The lowest BCUT2D eigenvalue weighted by Gasteiger charge is -2.32. The summed E-state index contributed by atoms with van der Waals surface area (Å²) in [5.74, 6) is 1.82. The minimum atomic E-state index is -0.949. The van der Waals surface area contributed by atoms with Gasteiger partial charge in [-0.15, -0.1) is 0 Å². The van der Waals surface area contributed by atoms with Crippen LogP contribution in [0, 0.1) is 11.3 Å². The van der Waals surface area contributed by atoms with Gasteiger partial charge < -0.3 is 15.8 Å². The molecule has 1 aromatic carbocycles. The Balaban J connectivity index is 1.13. The van der Waals surface area contributed by atoms with Gasteiger partial charge >= 0.3 is 0 Å². The molecular formula is C33H29FN12O. The second-order valence-corrected chi connectivity index (χ2v) is 11.0. The smallest absolute Gasteiger partial charge is 0.234 e. The van der Waals surface area contributed by atoms with Crippen molar-refractivity contribution in [3.05, 3.63) is 90.8 Å². The molecule has 7 rings (SSSR count). The number of nitriles is 1. The zero-order chi connectivity index (χ0) is 32.2. The standard InChI is InChI=1S/C33H29FN12O/c34-20-47-29-8-3-22(18-40-29)25-6-7-26-32(42-25)46(33(43-26)30-31(36)39-14-13-38-30)24-4-1-21(2-5-24)19-45-15-10-23(11-16-45)41-27-9-12-37-28(17-35)44-27/h1-9,12-14,18,23H,10-11,15-16,19-20H2,(H2,36,39)(H,37,41,44). The van der Waals surface area contributed by atoms with Crippen LogP contribution in [0.3, 0.4) is 0 Å². The number of nitrogens with zero attached hydrogens (tertiary/aromatic N) is 10. The second kappa shape index (κ2) is 13.1. The maximum atomic E-state index is 12.6. The number of pyridine rings is 2. The normalized spacial score (nSPS) is 13.8. The molecule has 1 aliphatic heterocycles. The number of hydrogen-bond acceptors (Lipinski definition) is 12. The Morgan fingerprint density at radius 3 is 2.49 bits per heavy atom. The van der Waals surface area contributed by atoms with E-state index < -0.39 is 6.86 Å². The van der Waals surface area contributed by atoms with Gasteiger partial charge in [-0.3, -0.25) is 9.47 Å². The minimum Gasteiger partial charge on any atom is -0.446 e. The lowest BCUT2D eigenvalue weighted by molar-refractivity contribution is 0.185. The van der Waals surface area contributed by atoms with Crippen molar-refractivity contribution >= 4 is 22.8 Å². The summed E-state index contributed by atoms with van der Waals surface area (Å²) in [6.45, 7) is 1.72. The molecule has 6 aromatic rings. The molecule has 0 saturated carbocycles. The second-order valence-electron chi connectivity index (χ2n) is 11.0. The van der Waals surface area contributed by atoms with Crippen LogP contribution in [0.2, 0.25) is 0 Å². The number of nitrogens with one attached hydrogen (secondary N) is 1. The summed E-state index contributed by atoms with van der Waals surface area (Å²) in [6, 6.07) is 19.5. The molecule has 234 valence electrons. The van der Waals surface area contributed by atoms with E-state index in [0.717, 1.165) is 43.7 Å². The van der Waals surface area contributed by atoms with E-state index in [2.05, 4.69) is 47.3 Å². The predicted octanol–water partition coefficient (Wildman–Crippen LogP) is 4.57. The van der Waals surface area contributed by atoms with Gasteiger partial charge in [0, 0.05) is 67.8 Å². The molecule has 5 aromatic heterocycles. The lowest BCUT2D eigenvalue weighted by Crippen LogP contribution is -2.38. The number of rotatable bonds is 9. The van der Waals surface area contributed by atoms with Crippen LogP contribution in [0.5, 0.6) is 5.88 Å². The molecule has 0 aliphatic carbocycles. The molecule has 0 bridgehead atoms. The van der Waals surface area contributed by atoms with Crippen LogP contribution in [0.4, 0.5) is 16.0 Å². The molecule has 6 heterocycles. The van der Waals surface area contributed by atoms with Crippen molar-refractivity contribution < 1.29 is 9.13 Å². The van der Waals surface area contributed by atoms with Gasteiger partial charge in [0.25, 0.3) is 0 Å². The number of imidazole rings is 1. The average molecular weight is 629 g/mol. The number of benzene rings is 1. The van der Waals surface area contributed by atoms with Gasteiger partial charge in [0.1, 0.15) is 23.1 Å². The summed E-state index contributed by atoms with van der Waals surface area (Å²) in [5, 5.41) is 12.5. The van der Waals surface area contributed by atoms with E-state index in [1.54, 1.807) is 43.0 Å². The SMILES string of the molecule is N#Cc1nccc(NC2CCN(Cc3ccc(-n4c(-c5nccnc5N)nc5ccc(-c6ccc(OCF)nc6)nc54)cc3)CC2)n1. The van der Waals surface area contributed by atoms with Crippen molar-refractivity contribution in [3.8, 4) is 40.4 Å². The van der Waals surface area contributed by atoms with Crippen LogP contribution in [0.15, 0.2) is 79.4 Å². The molecular weight excluding hydrogens is 599 g/mol. The highest BCUT2D eigenvalue weighted by Crippen LogP contribution is 2.31. The summed E-state index contributed by atoms with van der Waals surface area (Å²) in [6.07, 6.45) is 8.24. The van der Waals surface area contributed by atoms with E-state index in [0.29, 0.717) is 34.2 Å². The van der Waals surface area contributed by atoms with Crippen molar-refractivity contribution in [1.29, 1.82) is 5.26 Å². The number of hydrogen-bond donors (Lipinski definition) is 2. The number of piperidine rings is 1. The third kappa shape index (κ3) is 6.37. The Bertz CT molecular complexity index is 2050. The summed E-state index contributed by atoms with van der Waals surface area (Å²) >= 11 is 0. The van der Waals surface area contributed by atoms with Gasteiger partial charge in [0.15, 0.2) is 17.3 Å². The molecule has 0 unspecified atom stereocenters. The van der Waals surface area contributed by atoms with Gasteiger partial charge in [-0.05, 0) is 54.8 Å². The Labute approximate surface area is 269 Å². The molecule has 14 heteroatoms. The van der Waals surface area contributed by atoms with Crippen molar-refractivity contribution in [2.45, 2.75) is 25.4 Å². The van der Waals surface area contributed by atoms with E-state index in [4.69, 9.17) is 25.7 Å². The summed E-state index contributed by atoms with van der Waals surface area (Å²) in [5.41, 5.74) is 11.4. The third-order valence-electron chi connectivity index (χ3n) is 7.97. The number of halogens is 1. The Morgan fingerprint density at radius 2 is 1.74 bits per heavy atom. The summed E-state index contributed by atoms with van der Waals surface area (Å²) in [4.78, 5) is 33.3. The first kappa shape index (κ1) is 29.6. The number of nitrogens with two attached hydrogens (primary N) is 1. The average Bonchev–Trinajstić information content (AvgIpc) is 3.49. The van der Waals surface area contributed by atoms with E-state index in [1.807, 2.05) is 34.9 Å². The monoisotopic (exact) mass is 628 g/mol. The van der Waals surface area contributed by atoms with Gasteiger partial charge in [-0.25, -0.2) is 39.3 Å². The van der Waals surface area contributed by atoms with E-state index >= 15 is 0 Å². The number of likely N-dealkylation sites (tertiary alicyclic amines) is 1. The molecule has 13 nitrogen and oxygen atoms in total. The first-order valence-electron chi connectivity index (χ1n) is 15.0. The topological polar surface area (TPSA) is 169 Å². The molecule has 0 atom stereocenters. The Hall–Kier alpha value is -6.07. The number of ether oxygens (including phenoxy) is 1. The Kier molecular flexibility index (Phi) is 8.27. The third-order valence-corrected chi connectivity index (χ3v) is 7.97. The van der Waals surface area contributed by atoms with E-state index in [9.17, 15) is 4.39 Å². The summed E-state index contributed by atoms with van der Waals surface area (Å²) in [7, 11) is 0. The fraction of sp³-hybridized carbons (Fsp3) is 0.212. The maximum absolute atomic E-state index is 12.6. The molecule has 47 heavy (non-hydrogen) atoms. The molecule has 1 fully saturated rings. The molecule has 0 radical (unpaired) electrons. The largest absolute Gasteiger partial charge is 0.446 e. The number of anilines is 2. The van der Waals surface area contributed by atoms with Crippen molar-refractivity contribution in [2.75, 3.05) is 31.0 Å². The number of fused-ring (bicyclic) bond motifs is 1. The van der Waals surface area contributed by atoms with Gasteiger partial charge in [-0.2, -0.15) is 5.26 Å². The van der Waals surface area contributed by atoms with Crippen LogP contribution in [-0.2, 0) is 6.54 Å². The first-order chi connectivity index (χ1) is 23.1. The van der Waals surface area contributed by atoms with E-state index in [-0.39, 0.29) is 23.6 Å². The molecule has 1 saturated heterocycles. The maximum Gasteiger partial charge on any atom is 0.234 e. The van der Waals surface area contributed by atoms with Crippen LogP contribution >= 0.6 is 0 Å². The van der Waals surface area contributed by atoms with Crippen molar-refractivity contribution in [1.82, 2.24) is 44.4 Å².